The molecule has 0 amide bonds. The number of hydrogen-bond acceptors (Lipinski definition) is 5. The fraction of sp³-hybridized carbons (Fsp3) is 0.381. The molecule has 7 heteroatoms. The largest absolute Gasteiger partial charge is 0.368 e. The molecule has 1 aromatic carbocycles. The van der Waals surface area contributed by atoms with Gasteiger partial charge in [-0.25, -0.2) is 9.97 Å². The zero-order chi connectivity index (χ0) is 19.5. The first-order valence-corrected chi connectivity index (χ1v) is 10.1. The van der Waals surface area contributed by atoms with Crippen LogP contribution in [0.2, 0.25) is 5.02 Å². The normalized spacial score (nSPS) is 15.1. The average Bonchev–Trinajstić information content (AvgIpc) is 3.14. The summed E-state index contributed by atoms with van der Waals surface area (Å²) in [5, 5.41) is 15.5. The summed E-state index contributed by atoms with van der Waals surface area (Å²) in [5.74, 6) is 1.92. The molecule has 28 heavy (non-hydrogen) atoms. The van der Waals surface area contributed by atoms with E-state index in [-0.39, 0.29) is 0 Å². The van der Waals surface area contributed by atoms with E-state index in [0.29, 0.717) is 22.8 Å². The monoisotopic (exact) mass is 396 g/mol. The maximum Gasteiger partial charge on any atom is 0.165 e. The molecule has 3 heterocycles. The van der Waals surface area contributed by atoms with Crippen molar-refractivity contribution in [2.75, 3.05) is 18.4 Å². The molecular formula is C21H25ClN6. The van der Waals surface area contributed by atoms with E-state index in [1.807, 2.05) is 30.3 Å². The van der Waals surface area contributed by atoms with Gasteiger partial charge >= 0.3 is 0 Å². The number of aromatic amines is 1. The van der Waals surface area contributed by atoms with Gasteiger partial charge in [0.25, 0.3) is 0 Å². The molecule has 0 atom stereocenters. The first kappa shape index (κ1) is 18.9. The zero-order valence-corrected chi connectivity index (χ0v) is 16.9. The molecule has 3 N–H and O–H groups in total. The van der Waals surface area contributed by atoms with Gasteiger partial charge in [0.05, 0.1) is 11.3 Å². The number of hydrogen-bond donors (Lipinski definition) is 3. The van der Waals surface area contributed by atoms with Gasteiger partial charge in [0.2, 0.25) is 0 Å². The first-order chi connectivity index (χ1) is 13.6. The third-order valence-electron chi connectivity index (χ3n) is 4.98. The highest BCUT2D eigenvalue weighted by Crippen LogP contribution is 2.38. The van der Waals surface area contributed by atoms with E-state index in [4.69, 9.17) is 16.6 Å². The van der Waals surface area contributed by atoms with Crippen molar-refractivity contribution in [1.29, 1.82) is 0 Å². The Balaban J connectivity index is 1.82. The van der Waals surface area contributed by atoms with Gasteiger partial charge in [0, 0.05) is 28.7 Å². The lowest BCUT2D eigenvalue weighted by Crippen LogP contribution is -2.27. The summed E-state index contributed by atoms with van der Waals surface area (Å²) < 4.78 is 0. The first-order valence-electron chi connectivity index (χ1n) is 9.76. The second-order valence-electron chi connectivity index (χ2n) is 7.46. The average molecular weight is 397 g/mol. The Hall–Kier alpha value is -2.44. The molecule has 0 unspecified atom stereocenters. The highest BCUT2D eigenvalue weighted by atomic mass is 35.5. The molecule has 146 valence electrons. The fourth-order valence-corrected chi connectivity index (χ4v) is 3.79. The molecule has 3 aromatic rings. The van der Waals surface area contributed by atoms with E-state index >= 15 is 0 Å². The summed E-state index contributed by atoms with van der Waals surface area (Å²) in [4.78, 5) is 9.39. The van der Waals surface area contributed by atoms with E-state index < -0.39 is 0 Å². The number of rotatable bonds is 5. The minimum absolute atomic E-state index is 0.298. The highest BCUT2D eigenvalue weighted by Gasteiger charge is 2.26. The van der Waals surface area contributed by atoms with Crippen molar-refractivity contribution in [2.24, 2.45) is 0 Å². The Morgan fingerprint density at radius 2 is 1.86 bits per heavy atom. The van der Waals surface area contributed by atoms with Crippen LogP contribution in [0.1, 0.15) is 38.3 Å². The minimum Gasteiger partial charge on any atom is -0.368 e. The Kier molecular flexibility index (Phi) is 5.59. The van der Waals surface area contributed by atoms with Crippen LogP contribution in [-0.2, 0) is 0 Å². The van der Waals surface area contributed by atoms with Crippen molar-refractivity contribution in [1.82, 2.24) is 25.5 Å². The third kappa shape index (κ3) is 4.03. The number of nitrogens with one attached hydrogen (secondary N) is 3. The van der Waals surface area contributed by atoms with Crippen LogP contribution in [0, 0.1) is 0 Å². The molecule has 0 bridgehead atoms. The summed E-state index contributed by atoms with van der Waals surface area (Å²) in [6, 6.07) is 9.95. The van der Waals surface area contributed by atoms with Crippen molar-refractivity contribution < 1.29 is 0 Å². The lowest BCUT2D eigenvalue weighted by atomic mass is 9.90. The maximum atomic E-state index is 6.08. The lowest BCUT2D eigenvalue weighted by molar-refractivity contribution is 0.453. The summed E-state index contributed by atoms with van der Waals surface area (Å²) in [7, 11) is 0. The maximum absolute atomic E-state index is 6.08. The second-order valence-corrected chi connectivity index (χ2v) is 7.89. The number of anilines is 1. The molecule has 0 aliphatic carbocycles. The number of nitrogens with zero attached hydrogens (tertiary/aromatic N) is 3. The Labute approximate surface area is 170 Å². The van der Waals surface area contributed by atoms with Crippen LogP contribution >= 0.6 is 11.6 Å². The van der Waals surface area contributed by atoms with Gasteiger partial charge in [-0.1, -0.05) is 23.7 Å². The SMILES string of the molecule is CC(C)Nc1ccnc(-c2c(-c3ccc(Cl)cc3)n[nH]c2C2CCNCC2)n1. The smallest absolute Gasteiger partial charge is 0.165 e. The molecule has 0 radical (unpaired) electrons. The minimum atomic E-state index is 0.298. The van der Waals surface area contributed by atoms with Crippen molar-refractivity contribution in [3.05, 3.63) is 47.2 Å². The van der Waals surface area contributed by atoms with Crippen molar-refractivity contribution in [3.63, 3.8) is 0 Å². The fourth-order valence-electron chi connectivity index (χ4n) is 3.66. The van der Waals surface area contributed by atoms with Crippen molar-refractivity contribution >= 4 is 17.4 Å². The number of H-pyrrole nitrogens is 1. The van der Waals surface area contributed by atoms with Gasteiger partial charge in [-0.15, -0.1) is 0 Å². The van der Waals surface area contributed by atoms with Crippen LogP contribution < -0.4 is 10.6 Å². The molecule has 4 rings (SSSR count). The Morgan fingerprint density at radius 1 is 1.11 bits per heavy atom. The van der Waals surface area contributed by atoms with Crippen LogP contribution in [0.4, 0.5) is 5.82 Å². The molecular weight excluding hydrogens is 372 g/mol. The molecule has 0 saturated carbocycles. The van der Waals surface area contributed by atoms with Crippen molar-refractivity contribution in [3.8, 4) is 22.6 Å². The molecule has 6 nitrogen and oxygen atoms in total. The van der Waals surface area contributed by atoms with Crippen LogP contribution in [-0.4, -0.2) is 39.3 Å². The topological polar surface area (TPSA) is 78.5 Å². The Morgan fingerprint density at radius 3 is 2.57 bits per heavy atom. The summed E-state index contributed by atoms with van der Waals surface area (Å²) >= 11 is 6.08. The predicted octanol–water partition coefficient (Wildman–Crippen LogP) is 4.47. The number of benzene rings is 1. The van der Waals surface area contributed by atoms with Crippen LogP contribution in [0.25, 0.3) is 22.6 Å². The van der Waals surface area contributed by atoms with E-state index in [9.17, 15) is 0 Å². The second kappa shape index (κ2) is 8.29. The number of aromatic nitrogens is 4. The molecule has 1 aliphatic rings. The summed E-state index contributed by atoms with van der Waals surface area (Å²) in [6.45, 7) is 6.21. The van der Waals surface area contributed by atoms with E-state index in [1.54, 1.807) is 6.20 Å². The highest BCUT2D eigenvalue weighted by molar-refractivity contribution is 6.30. The quantitative estimate of drug-likeness (QED) is 0.592. The van der Waals surface area contributed by atoms with Gasteiger partial charge < -0.3 is 10.6 Å². The van der Waals surface area contributed by atoms with Gasteiger partial charge in [-0.2, -0.15) is 5.10 Å². The standard InChI is InChI=1S/C21H25ClN6/c1-13(2)25-17-9-12-24-21(26-17)18-19(14-3-5-16(22)6-4-14)27-28-20(18)15-7-10-23-11-8-15/h3-6,9,12-13,15,23H,7-8,10-11H2,1-2H3,(H,27,28)(H,24,25,26). The number of piperidine rings is 1. The number of halogens is 1. The van der Waals surface area contributed by atoms with Crippen molar-refractivity contribution in [2.45, 2.75) is 38.6 Å². The van der Waals surface area contributed by atoms with Crippen LogP contribution in [0.5, 0.6) is 0 Å². The molecule has 0 spiro atoms. The molecule has 1 aliphatic heterocycles. The van der Waals surface area contributed by atoms with E-state index in [0.717, 1.165) is 54.3 Å². The van der Waals surface area contributed by atoms with Gasteiger partial charge in [0.1, 0.15) is 11.5 Å². The lowest BCUT2D eigenvalue weighted by Gasteiger charge is -2.22. The van der Waals surface area contributed by atoms with Crippen LogP contribution in [0.15, 0.2) is 36.5 Å². The molecule has 2 aromatic heterocycles. The van der Waals surface area contributed by atoms with Gasteiger partial charge in [-0.05, 0) is 58.0 Å². The Bertz CT molecular complexity index is 928. The summed E-state index contributed by atoms with van der Waals surface area (Å²) in [6.07, 6.45) is 3.94. The third-order valence-corrected chi connectivity index (χ3v) is 5.23. The van der Waals surface area contributed by atoms with Gasteiger partial charge in [-0.3, -0.25) is 5.10 Å². The molecule has 1 saturated heterocycles. The van der Waals surface area contributed by atoms with Crippen LogP contribution in [0.3, 0.4) is 0 Å². The van der Waals surface area contributed by atoms with E-state index in [2.05, 4.69) is 39.7 Å². The predicted molar refractivity (Wildman–Crippen MR) is 114 cm³/mol. The summed E-state index contributed by atoms with van der Waals surface area (Å²) in [5.41, 5.74) is 3.98. The molecule has 1 fully saturated rings. The van der Waals surface area contributed by atoms with E-state index in [1.165, 1.54) is 0 Å². The zero-order valence-electron chi connectivity index (χ0n) is 16.2. The van der Waals surface area contributed by atoms with Gasteiger partial charge in [0.15, 0.2) is 5.82 Å².